The first-order chi connectivity index (χ1) is 12.2. The summed E-state index contributed by atoms with van der Waals surface area (Å²) in [5, 5.41) is 0.0141. The molecule has 9 heteroatoms. The van der Waals surface area contributed by atoms with E-state index in [-0.39, 0.29) is 17.3 Å². The normalized spacial score (nSPS) is 11.8. The van der Waals surface area contributed by atoms with Gasteiger partial charge in [-0.15, -0.1) is 0 Å². The Morgan fingerprint density at radius 2 is 1.96 bits per heavy atom. The van der Waals surface area contributed by atoms with E-state index >= 15 is 0 Å². The number of hydrogen-bond donors (Lipinski definition) is 0. The molecule has 0 atom stereocenters. The highest BCUT2D eigenvalue weighted by atomic mass is 35.5. The second-order valence-electron chi connectivity index (χ2n) is 5.58. The van der Waals surface area contributed by atoms with Crippen molar-refractivity contribution in [2.45, 2.75) is 19.6 Å². The lowest BCUT2D eigenvalue weighted by atomic mass is 10.1. The summed E-state index contributed by atoms with van der Waals surface area (Å²) in [6.07, 6.45) is -4.45. The Kier molecular flexibility index (Phi) is 4.62. The zero-order valence-electron chi connectivity index (χ0n) is 13.8. The lowest BCUT2D eigenvalue weighted by Crippen LogP contribution is -2.07. The zero-order chi connectivity index (χ0) is 19.1. The minimum absolute atomic E-state index is 0.0141. The minimum atomic E-state index is -4.45. The third-order valence-electron chi connectivity index (χ3n) is 3.91. The summed E-state index contributed by atoms with van der Waals surface area (Å²) in [4.78, 5) is 20.0. The van der Waals surface area contributed by atoms with Gasteiger partial charge in [-0.2, -0.15) is 13.2 Å². The number of methoxy groups -OCH3 is 1. The van der Waals surface area contributed by atoms with Crippen LogP contribution in [-0.4, -0.2) is 27.6 Å². The summed E-state index contributed by atoms with van der Waals surface area (Å²) < 4.78 is 44.7. The molecule has 0 saturated carbocycles. The molecule has 3 aromatic rings. The number of rotatable bonds is 3. The number of carbonyl (C=O) groups excluding carboxylic acids is 1. The Hall–Kier alpha value is -2.61. The molecule has 136 valence electrons. The average Bonchev–Trinajstić information content (AvgIpc) is 2.89. The first-order valence-electron chi connectivity index (χ1n) is 7.48. The number of alkyl halides is 3. The van der Waals surface area contributed by atoms with Crippen molar-refractivity contribution < 1.29 is 22.7 Å². The molecule has 0 unspecified atom stereocenters. The summed E-state index contributed by atoms with van der Waals surface area (Å²) in [5.41, 5.74) is 0.804. The highest BCUT2D eigenvalue weighted by molar-refractivity contribution is 6.31. The van der Waals surface area contributed by atoms with Crippen LogP contribution in [0.1, 0.15) is 27.4 Å². The second kappa shape index (κ2) is 6.60. The van der Waals surface area contributed by atoms with E-state index in [0.717, 1.165) is 12.1 Å². The van der Waals surface area contributed by atoms with Gasteiger partial charge in [-0.1, -0.05) is 17.7 Å². The number of aromatic nitrogens is 3. The molecular weight excluding hydrogens is 371 g/mol. The highest BCUT2D eigenvalue weighted by Gasteiger charge is 2.30. The second-order valence-corrected chi connectivity index (χ2v) is 5.99. The van der Waals surface area contributed by atoms with Crippen molar-refractivity contribution in [3.05, 3.63) is 58.0 Å². The van der Waals surface area contributed by atoms with Crippen molar-refractivity contribution in [2.24, 2.45) is 0 Å². The Labute approximate surface area is 151 Å². The predicted molar refractivity (Wildman–Crippen MR) is 89.2 cm³/mol. The summed E-state index contributed by atoms with van der Waals surface area (Å²) in [6, 6.07) is 6.39. The molecule has 0 N–H and O–H groups in total. The number of ether oxygens (including phenoxy) is 1. The van der Waals surface area contributed by atoms with Gasteiger partial charge in [-0.3, -0.25) is 0 Å². The molecule has 26 heavy (non-hydrogen) atoms. The SMILES string of the molecule is COC(=O)c1ccc2c(n1)nc(C)n2Cc1ccc(C(F)(F)F)cc1Cl. The molecule has 0 bridgehead atoms. The lowest BCUT2D eigenvalue weighted by molar-refractivity contribution is -0.137. The lowest BCUT2D eigenvalue weighted by Gasteiger charge is -2.12. The fraction of sp³-hybridized carbons (Fsp3) is 0.235. The molecule has 2 aromatic heterocycles. The number of fused-ring (bicyclic) bond motifs is 1. The molecule has 0 fully saturated rings. The maximum Gasteiger partial charge on any atom is 0.416 e. The van der Waals surface area contributed by atoms with Crippen molar-refractivity contribution in [1.82, 2.24) is 14.5 Å². The van der Waals surface area contributed by atoms with Gasteiger partial charge in [0.1, 0.15) is 5.82 Å². The standard InChI is InChI=1S/C17H13ClF3N3O2/c1-9-22-15-14(6-5-13(23-15)16(25)26-2)24(9)8-10-3-4-11(7-12(10)18)17(19,20)21/h3-7H,8H2,1-2H3. The number of carbonyl (C=O) groups is 1. The average molecular weight is 384 g/mol. The van der Waals surface area contributed by atoms with Crippen LogP contribution in [0.5, 0.6) is 0 Å². The summed E-state index contributed by atoms with van der Waals surface area (Å²) in [5.74, 6) is 0.00960. The van der Waals surface area contributed by atoms with Crippen LogP contribution in [-0.2, 0) is 17.5 Å². The van der Waals surface area contributed by atoms with E-state index in [2.05, 4.69) is 14.7 Å². The molecule has 0 amide bonds. The molecule has 0 aliphatic heterocycles. The van der Waals surface area contributed by atoms with E-state index < -0.39 is 17.7 Å². The largest absolute Gasteiger partial charge is 0.464 e. The topological polar surface area (TPSA) is 57.0 Å². The summed E-state index contributed by atoms with van der Waals surface area (Å²) in [7, 11) is 1.25. The number of hydrogen-bond acceptors (Lipinski definition) is 4. The van der Waals surface area contributed by atoms with Gasteiger partial charge in [0, 0.05) is 5.02 Å². The molecule has 0 radical (unpaired) electrons. The molecule has 3 rings (SSSR count). The monoisotopic (exact) mass is 383 g/mol. The van der Waals surface area contributed by atoms with Gasteiger partial charge in [-0.05, 0) is 36.8 Å². The molecular formula is C17H13ClF3N3O2. The van der Waals surface area contributed by atoms with Crippen LogP contribution in [0.25, 0.3) is 11.2 Å². The highest BCUT2D eigenvalue weighted by Crippen LogP contribution is 2.32. The number of halogens is 4. The van der Waals surface area contributed by atoms with E-state index in [4.69, 9.17) is 11.6 Å². The van der Waals surface area contributed by atoms with Crippen molar-refractivity contribution in [1.29, 1.82) is 0 Å². The Balaban J connectivity index is 1.99. The maximum absolute atomic E-state index is 12.8. The van der Waals surface area contributed by atoms with Crippen LogP contribution in [0, 0.1) is 6.92 Å². The maximum atomic E-state index is 12.8. The molecule has 0 aliphatic rings. The molecule has 2 heterocycles. The third-order valence-corrected chi connectivity index (χ3v) is 4.26. The fourth-order valence-corrected chi connectivity index (χ4v) is 2.80. The van der Waals surface area contributed by atoms with E-state index in [0.29, 0.717) is 22.6 Å². The van der Waals surface area contributed by atoms with Crippen LogP contribution in [0.2, 0.25) is 5.02 Å². The van der Waals surface area contributed by atoms with Crippen molar-refractivity contribution in [3.8, 4) is 0 Å². The van der Waals surface area contributed by atoms with E-state index in [1.54, 1.807) is 17.6 Å². The zero-order valence-corrected chi connectivity index (χ0v) is 14.5. The Bertz CT molecular complexity index is 999. The third kappa shape index (κ3) is 3.37. The van der Waals surface area contributed by atoms with Gasteiger partial charge < -0.3 is 9.30 Å². The van der Waals surface area contributed by atoms with Crippen molar-refractivity contribution in [3.63, 3.8) is 0 Å². The van der Waals surface area contributed by atoms with Crippen LogP contribution in [0.15, 0.2) is 30.3 Å². The first kappa shape index (κ1) is 18.2. The van der Waals surface area contributed by atoms with Crippen molar-refractivity contribution in [2.75, 3.05) is 7.11 Å². The van der Waals surface area contributed by atoms with Crippen molar-refractivity contribution >= 4 is 28.7 Å². The van der Waals surface area contributed by atoms with Gasteiger partial charge in [0.15, 0.2) is 11.3 Å². The quantitative estimate of drug-likeness (QED) is 0.634. The molecule has 0 aliphatic carbocycles. The van der Waals surface area contributed by atoms with Crippen LogP contribution in [0.3, 0.4) is 0 Å². The Morgan fingerprint density at radius 1 is 1.23 bits per heavy atom. The van der Waals surface area contributed by atoms with Crippen LogP contribution < -0.4 is 0 Å². The van der Waals surface area contributed by atoms with Gasteiger partial charge >= 0.3 is 12.1 Å². The van der Waals surface area contributed by atoms with Crippen LogP contribution >= 0.6 is 11.6 Å². The summed E-state index contributed by atoms with van der Waals surface area (Å²) in [6.45, 7) is 1.95. The van der Waals surface area contributed by atoms with Gasteiger partial charge in [0.25, 0.3) is 0 Å². The van der Waals surface area contributed by atoms with Gasteiger partial charge in [0.2, 0.25) is 0 Å². The number of benzene rings is 1. The number of pyridine rings is 1. The number of imidazole rings is 1. The fourth-order valence-electron chi connectivity index (χ4n) is 2.56. The predicted octanol–water partition coefficient (Wildman–Crippen LogP) is 4.25. The first-order valence-corrected chi connectivity index (χ1v) is 7.86. The smallest absolute Gasteiger partial charge is 0.416 e. The van der Waals surface area contributed by atoms with E-state index in [9.17, 15) is 18.0 Å². The molecule has 0 saturated heterocycles. The van der Waals surface area contributed by atoms with Gasteiger partial charge in [0.05, 0.1) is 24.7 Å². The van der Waals surface area contributed by atoms with Crippen LogP contribution in [0.4, 0.5) is 13.2 Å². The Morgan fingerprint density at radius 3 is 2.58 bits per heavy atom. The molecule has 1 aromatic carbocycles. The number of aryl methyl sites for hydroxylation is 1. The number of esters is 1. The molecule has 5 nitrogen and oxygen atoms in total. The number of nitrogens with zero attached hydrogens (tertiary/aromatic N) is 3. The van der Waals surface area contributed by atoms with E-state index in [1.165, 1.54) is 19.2 Å². The minimum Gasteiger partial charge on any atom is -0.464 e. The molecule has 0 spiro atoms. The van der Waals surface area contributed by atoms with Gasteiger partial charge in [-0.25, -0.2) is 14.8 Å². The van der Waals surface area contributed by atoms with E-state index in [1.807, 2.05) is 0 Å². The summed E-state index contributed by atoms with van der Waals surface area (Å²) >= 11 is 6.03.